The second kappa shape index (κ2) is 6.19. The van der Waals surface area contributed by atoms with Crippen LogP contribution >= 0.6 is 11.3 Å². The first kappa shape index (κ1) is 13.4. The van der Waals surface area contributed by atoms with E-state index >= 15 is 0 Å². The Morgan fingerprint density at radius 3 is 2.58 bits per heavy atom. The van der Waals surface area contributed by atoms with E-state index in [1.165, 1.54) is 4.88 Å². The molecule has 1 aromatic carbocycles. The Morgan fingerprint density at radius 2 is 2.00 bits per heavy atom. The Hall–Kier alpha value is -2.08. The standard InChI is InChI=1S/C13H16N4OS/c1-2-12-16-8-11(19-12)7-15-9-3-5-10(6-4-9)17-13(14)18/h3-6,8,15H,2,7H2,1H3,(H3,14,17,18). The van der Waals surface area contributed by atoms with E-state index < -0.39 is 6.03 Å². The second-order valence-electron chi connectivity index (χ2n) is 3.99. The number of hydrogen-bond donors (Lipinski definition) is 3. The van der Waals surface area contributed by atoms with Gasteiger partial charge in [-0.2, -0.15) is 0 Å². The molecule has 0 saturated carbocycles. The number of benzene rings is 1. The molecule has 100 valence electrons. The molecule has 19 heavy (non-hydrogen) atoms. The zero-order chi connectivity index (χ0) is 13.7. The summed E-state index contributed by atoms with van der Waals surface area (Å²) in [4.78, 5) is 16.2. The molecule has 4 N–H and O–H groups in total. The Morgan fingerprint density at radius 1 is 1.32 bits per heavy atom. The molecule has 0 atom stereocenters. The minimum Gasteiger partial charge on any atom is -0.380 e. The van der Waals surface area contributed by atoms with Crippen LogP contribution in [0.5, 0.6) is 0 Å². The molecule has 0 fully saturated rings. The van der Waals surface area contributed by atoms with Crippen LogP contribution in [0.3, 0.4) is 0 Å². The third-order valence-corrected chi connectivity index (χ3v) is 3.66. The molecular weight excluding hydrogens is 260 g/mol. The van der Waals surface area contributed by atoms with E-state index in [0.29, 0.717) is 5.69 Å². The van der Waals surface area contributed by atoms with Gasteiger partial charge in [-0.05, 0) is 30.7 Å². The van der Waals surface area contributed by atoms with Crippen LogP contribution in [0.1, 0.15) is 16.8 Å². The van der Waals surface area contributed by atoms with E-state index in [4.69, 9.17) is 5.73 Å². The highest BCUT2D eigenvalue weighted by atomic mass is 32.1. The predicted molar refractivity (Wildman–Crippen MR) is 78.5 cm³/mol. The summed E-state index contributed by atoms with van der Waals surface area (Å²) in [6, 6.07) is 6.84. The van der Waals surface area contributed by atoms with Gasteiger partial charge in [-0.1, -0.05) is 6.92 Å². The molecule has 0 aliphatic carbocycles. The van der Waals surface area contributed by atoms with Gasteiger partial charge in [0.1, 0.15) is 0 Å². The number of nitrogens with two attached hydrogens (primary N) is 1. The van der Waals surface area contributed by atoms with Crippen molar-refractivity contribution in [2.75, 3.05) is 10.6 Å². The third-order valence-electron chi connectivity index (χ3n) is 2.52. The smallest absolute Gasteiger partial charge is 0.316 e. The average molecular weight is 276 g/mol. The van der Waals surface area contributed by atoms with E-state index in [-0.39, 0.29) is 0 Å². The van der Waals surface area contributed by atoms with Gasteiger partial charge in [0, 0.05) is 22.4 Å². The lowest BCUT2D eigenvalue weighted by Gasteiger charge is -2.06. The molecule has 2 amide bonds. The van der Waals surface area contributed by atoms with Gasteiger partial charge in [0.25, 0.3) is 0 Å². The van der Waals surface area contributed by atoms with Gasteiger partial charge in [-0.15, -0.1) is 11.3 Å². The molecular formula is C13H16N4OS. The third kappa shape index (κ3) is 3.96. The van der Waals surface area contributed by atoms with Gasteiger partial charge >= 0.3 is 6.03 Å². The van der Waals surface area contributed by atoms with Crippen molar-refractivity contribution in [2.24, 2.45) is 5.73 Å². The minimum atomic E-state index is -0.558. The van der Waals surface area contributed by atoms with Gasteiger partial charge in [-0.25, -0.2) is 9.78 Å². The molecule has 0 radical (unpaired) electrons. The molecule has 0 spiro atoms. The number of nitrogens with zero attached hydrogens (tertiary/aromatic N) is 1. The maximum absolute atomic E-state index is 10.7. The van der Waals surface area contributed by atoms with Crippen LogP contribution in [0.2, 0.25) is 0 Å². The van der Waals surface area contributed by atoms with Crippen LogP contribution in [-0.4, -0.2) is 11.0 Å². The van der Waals surface area contributed by atoms with Crippen molar-refractivity contribution in [2.45, 2.75) is 19.9 Å². The molecule has 0 bridgehead atoms. The van der Waals surface area contributed by atoms with E-state index in [2.05, 4.69) is 22.5 Å². The van der Waals surface area contributed by atoms with Crippen LogP contribution in [0.4, 0.5) is 16.2 Å². The summed E-state index contributed by atoms with van der Waals surface area (Å²) in [5.74, 6) is 0. The van der Waals surface area contributed by atoms with E-state index in [1.54, 1.807) is 23.5 Å². The van der Waals surface area contributed by atoms with Crippen molar-refractivity contribution >= 4 is 28.7 Å². The van der Waals surface area contributed by atoms with Gasteiger partial charge in [0.15, 0.2) is 0 Å². The van der Waals surface area contributed by atoms with Gasteiger partial charge in [-0.3, -0.25) is 0 Å². The number of thiazole rings is 1. The van der Waals surface area contributed by atoms with Crippen molar-refractivity contribution in [1.29, 1.82) is 0 Å². The van der Waals surface area contributed by atoms with Gasteiger partial charge in [0.2, 0.25) is 0 Å². The first-order valence-electron chi connectivity index (χ1n) is 6.01. The van der Waals surface area contributed by atoms with Crippen LogP contribution in [-0.2, 0) is 13.0 Å². The summed E-state index contributed by atoms with van der Waals surface area (Å²) < 4.78 is 0. The number of aryl methyl sites for hydroxylation is 1. The highest BCUT2D eigenvalue weighted by Gasteiger charge is 2.01. The molecule has 2 rings (SSSR count). The SMILES string of the molecule is CCc1ncc(CNc2ccc(NC(N)=O)cc2)s1. The van der Waals surface area contributed by atoms with Crippen molar-refractivity contribution in [3.05, 3.63) is 40.3 Å². The number of urea groups is 1. The number of carbonyl (C=O) groups excluding carboxylic acids is 1. The Labute approximate surface area is 115 Å². The summed E-state index contributed by atoms with van der Waals surface area (Å²) in [5, 5.41) is 6.98. The molecule has 0 unspecified atom stereocenters. The lowest BCUT2D eigenvalue weighted by molar-refractivity contribution is 0.259. The average Bonchev–Trinajstić information content (AvgIpc) is 2.85. The van der Waals surface area contributed by atoms with E-state index in [1.807, 2.05) is 18.3 Å². The second-order valence-corrected chi connectivity index (χ2v) is 5.19. The first-order chi connectivity index (χ1) is 9.17. The molecule has 2 aromatic rings. The van der Waals surface area contributed by atoms with Crippen molar-refractivity contribution < 1.29 is 4.79 Å². The Bertz CT molecular complexity index is 550. The van der Waals surface area contributed by atoms with Crippen molar-refractivity contribution in [3.8, 4) is 0 Å². The molecule has 6 heteroatoms. The summed E-state index contributed by atoms with van der Waals surface area (Å²) in [6.45, 7) is 2.85. The molecule has 0 aliphatic rings. The molecule has 0 saturated heterocycles. The fourth-order valence-corrected chi connectivity index (χ4v) is 2.40. The summed E-state index contributed by atoms with van der Waals surface area (Å²) in [5.41, 5.74) is 6.71. The number of carbonyl (C=O) groups is 1. The largest absolute Gasteiger partial charge is 0.380 e. The fourth-order valence-electron chi connectivity index (χ4n) is 1.60. The molecule has 5 nitrogen and oxygen atoms in total. The minimum absolute atomic E-state index is 0.558. The summed E-state index contributed by atoms with van der Waals surface area (Å²) in [7, 11) is 0. The molecule has 1 aromatic heterocycles. The highest BCUT2D eigenvalue weighted by molar-refractivity contribution is 7.11. The number of hydrogen-bond acceptors (Lipinski definition) is 4. The topological polar surface area (TPSA) is 80.0 Å². The summed E-state index contributed by atoms with van der Waals surface area (Å²) in [6.07, 6.45) is 2.87. The normalized spacial score (nSPS) is 10.2. The van der Waals surface area contributed by atoms with Crippen molar-refractivity contribution in [1.82, 2.24) is 4.98 Å². The van der Waals surface area contributed by atoms with Gasteiger partial charge in [0.05, 0.1) is 11.6 Å². The maximum Gasteiger partial charge on any atom is 0.316 e. The zero-order valence-electron chi connectivity index (χ0n) is 10.6. The van der Waals surface area contributed by atoms with Gasteiger partial charge < -0.3 is 16.4 Å². The number of rotatable bonds is 5. The van der Waals surface area contributed by atoms with Crippen LogP contribution in [0.15, 0.2) is 30.5 Å². The fraction of sp³-hybridized carbons (Fsp3) is 0.231. The predicted octanol–water partition coefficient (Wildman–Crippen LogP) is 2.81. The van der Waals surface area contributed by atoms with E-state index in [9.17, 15) is 4.79 Å². The van der Waals surface area contributed by atoms with Crippen molar-refractivity contribution in [3.63, 3.8) is 0 Å². The molecule has 1 heterocycles. The summed E-state index contributed by atoms with van der Waals surface area (Å²) >= 11 is 1.72. The molecule has 0 aliphatic heterocycles. The number of amides is 2. The number of anilines is 2. The number of aromatic nitrogens is 1. The highest BCUT2D eigenvalue weighted by Crippen LogP contribution is 2.17. The van der Waals surface area contributed by atoms with Crippen LogP contribution in [0.25, 0.3) is 0 Å². The monoisotopic (exact) mass is 276 g/mol. The van der Waals surface area contributed by atoms with Crippen LogP contribution in [0, 0.1) is 0 Å². The zero-order valence-corrected chi connectivity index (χ0v) is 11.5. The lowest BCUT2D eigenvalue weighted by atomic mass is 10.3. The Balaban J connectivity index is 1.90. The lowest BCUT2D eigenvalue weighted by Crippen LogP contribution is -2.19. The quantitative estimate of drug-likeness (QED) is 0.785. The number of nitrogens with one attached hydrogen (secondary N) is 2. The Kier molecular flexibility index (Phi) is 4.35. The van der Waals surface area contributed by atoms with Crippen LogP contribution < -0.4 is 16.4 Å². The maximum atomic E-state index is 10.7. The first-order valence-corrected chi connectivity index (χ1v) is 6.83. The number of primary amides is 1. The van der Waals surface area contributed by atoms with E-state index in [0.717, 1.165) is 23.7 Å².